The number of hydrogen-bond acceptors (Lipinski definition) is 5. The van der Waals surface area contributed by atoms with Crippen molar-refractivity contribution in [2.75, 3.05) is 34.5 Å². The molecule has 5 heteroatoms. The summed E-state index contributed by atoms with van der Waals surface area (Å²) in [6.45, 7) is 3.74. The van der Waals surface area contributed by atoms with Gasteiger partial charge in [-0.1, -0.05) is 30.3 Å². The number of methoxy groups -OCH3 is 3. The summed E-state index contributed by atoms with van der Waals surface area (Å²) in [4.78, 5) is 2.52. The van der Waals surface area contributed by atoms with E-state index in [0.29, 0.717) is 6.61 Å². The number of nitrogens with zero attached hydrogens (tertiary/aromatic N) is 1. The summed E-state index contributed by atoms with van der Waals surface area (Å²) in [7, 11) is 5.03. The van der Waals surface area contributed by atoms with Crippen LogP contribution in [0.25, 0.3) is 0 Å². The zero-order chi connectivity index (χ0) is 22.5. The molecule has 0 bridgehead atoms. The molecule has 1 aliphatic rings. The second-order valence-electron chi connectivity index (χ2n) is 7.98. The summed E-state index contributed by atoms with van der Waals surface area (Å²) in [5.74, 6) is 3.16. The summed E-state index contributed by atoms with van der Waals surface area (Å²) in [5.41, 5.74) is 3.80. The summed E-state index contributed by atoms with van der Waals surface area (Å²) in [6.07, 6.45) is 0.950. The van der Waals surface area contributed by atoms with Crippen LogP contribution >= 0.6 is 0 Å². The molecule has 0 fully saturated rings. The van der Waals surface area contributed by atoms with E-state index in [1.54, 1.807) is 21.3 Å². The van der Waals surface area contributed by atoms with Crippen LogP contribution in [0.2, 0.25) is 0 Å². The first-order valence-corrected chi connectivity index (χ1v) is 11.0. The molecule has 0 unspecified atom stereocenters. The standard InChI is InChI=1S/C27H31NO4/c1-19(20-8-6-5-7-9-20)28-15-14-21-16-26(30-3)27(31-4)17-24(21)25(28)18-32-23-12-10-22(29-2)11-13-23/h5-13,16-17,19,25H,14-15,18H2,1-4H3/t19-,25+/m0/s1. The number of fused-ring (bicyclic) bond motifs is 1. The van der Waals surface area contributed by atoms with Gasteiger partial charge < -0.3 is 18.9 Å². The van der Waals surface area contributed by atoms with E-state index in [-0.39, 0.29) is 12.1 Å². The lowest BCUT2D eigenvalue weighted by molar-refractivity contribution is 0.0887. The Morgan fingerprint density at radius 1 is 0.844 bits per heavy atom. The summed E-state index contributed by atoms with van der Waals surface area (Å²) >= 11 is 0. The van der Waals surface area contributed by atoms with E-state index in [1.165, 1.54) is 16.7 Å². The minimum atomic E-state index is 0.0795. The van der Waals surface area contributed by atoms with Gasteiger partial charge in [-0.15, -0.1) is 0 Å². The third kappa shape index (κ3) is 4.53. The smallest absolute Gasteiger partial charge is 0.161 e. The fourth-order valence-corrected chi connectivity index (χ4v) is 4.47. The van der Waals surface area contributed by atoms with Crippen LogP contribution < -0.4 is 18.9 Å². The van der Waals surface area contributed by atoms with Gasteiger partial charge in [-0.05, 0) is 66.4 Å². The maximum absolute atomic E-state index is 6.28. The van der Waals surface area contributed by atoms with E-state index in [0.717, 1.165) is 36.0 Å². The summed E-state index contributed by atoms with van der Waals surface area (Å²) in [6, 6.07) is 22.9. The van der Waals surface area contributed by atoms with Gasteiger partial charge in [0.05, 0.1) is 27.4 Å². The fourth-order valence-electron chi connectivity index (χ4n) is 4.47. The molecule has 32 heavy (non-hydrogen) atoms. The van der Waals surface area contributed by atoms with Crippen molar-refractivity contribution in [1.82, 2.24) is 4.90 Å². The number of rotatable bonds is 8. The second-order valence-corrected chi connectivity index (χ2v) is 7.98. The molecule has 0 aromatic heterocycles. The van der Waals surface area contributed by atoms with Gasteiger partial charge in [-0.3, -0.25) is 4.90 Å². The van der Waals surface area contributed by atoms with Crippen LogP contribution in [-0.4, -0.2) is 39.4 Å². The Labute approximate surface area is 190 Å². The Kier molecular flexibility index (Phi) is 6.86. The first-order valence-electron chi connectivity index (χ1n) is 11.0. The lowest BCUT2D eigenvalue weighted by Crippen LogP contribution is -2.40. The highest BCUT2D eigenvalue weighted by Crippen LogP contribution is 2.41. The molecule has 3 aromatic carbocycles. The molecule has 0 saturated heterocycles. The quantitative estimate of drug-likeness (QED) is 0.472. The highest BCUT2D eigenvalue weighted by molar-refractivity contribution is 5.49. The Morgan fingerprint density at radius 3 is 2.16 bits per heavy atom. The third-order valence-electron chi connectivity index (χ3n) is 6.29. The van der Waals surface area contributed by atoms with Gasteiger partial charge in [0, 0.05) is 12.6 Å². The van der Waals surface area contributed by atoms with E-state index in [2.05, 4.69) is 54.3 Å². The largest absolute Gasteiger partial charge is 0.497 e. The first kappa shape index (κ1) is 22.0. The first-order chi connectivity index (χ1) is 15.6. The molecule has 0 spiro atoms. The van der Waals surface area contributed by atoms with Gasteiger partial charge in [-0.25, -0.2) is 0 Å². The van der Waals surface area contributed by atoms with Gasteiger partial charge in [0.25, 0.3) is 0 Å². The van der Waals surface area contributed by atoms with Crippen molar-refractivity contribution in [3.63, 3.8) is 0 Å². The Hall–Kier alpha value is -3.18. The molecule has 0 aliphatic carbocycles. The van der Waals surface area contributed by atoms with Crippen LogP contribution in [0.1, 0.15) is 35.7 Å². The minimum Gasteiger partial charge on any atom is -0.497 e. The van der Waals surface area contributed by atoms with E-state index >= 15 is 0 Å². The van der Waals surface area contributed by atoms with Gasteiger partial charge in [0.2, 0.25) is 0 Å². The lowest BCUT2D eigenvalue weighted by atomic mass is 9.90. The predicted octanol–water partition coefficient (Wildman–Crippen LogP) is 5.45. The minimum absolute atomic E-state index is 0.0795. The van der Waals surface area contributed by atoms with Gasteiger partial charge in [-0.2, -0.15) is 0 Å². The molecule has 5 nitrogen and oxygen atoms in total. The van der Waals surface area contributed by atoms with Crippen LogP contribution in [0.4, 0.5) is 0 Å². The Bertz CT molecular complexity index is 1020. The van der Waals surface area contributed by atoms with Crippen molar-refractivity contribution in [2.45, 2.75) is 25.4 Å². The maximum atomic E-state index is 6.28. The maximum Gasteiger partial charge on any atom is 0.161 e. The zero-order valence-corrected chi connectivity index (χ0v) is 19.2. The Balaban J connectivity index is 1.67. The van der Waals surface area contributed by atoms with E-state index in [1.807, 2.05) is 24.3 Å². The molecule has 168 valence electrons. The van der Waals surface area contributed by atoms with Crippen molar-refractivity contribution in [1.29, 1.82) is 0 Å². The molecule has 0 radical (unpaired) electrons. The summed E-state index contributed by atoms with van der Waals surface area (Å²) < 4.78 is 22.7. The normalized spacial score (nSPS) is 16.7. The van der Waals surface area contributed by atoms with Crippen molar-refractivity contribution in [3.05, 3.63) is 83.4 Å². The van der Waals surface area contributed by atoms with Crippen molar-refractivity contribution in [3.8, 4) is 23.0 Å². The molecular weight excluding hydrogens is 402 g/mol. The zero-order valence-electron chi connectivity index (χ0n) is 19.2. The van der Waals surface area contributed by atoms with Crippen LogP contribution in [0, 0.1) is 0 Å². The second kappa shape index (κ2) is 9.96. The monoisotopic (exact) mass is 433 g/mol. The van der Waals surface area contributed by atoms with Crippen molar-refractivity contribution >= 4 is 0 Å². The fraction of sp³-hybridized carbons (Fsp3) is 0.333. The van der Waals surface area contributed by atoms with Crippen LogP contribution in [0.3, 0.4) is 0 Å². The predicted molar refractivity (Wildman–Crippen MR) is 126 cm³/mol. The molecule has 0 N–H and O–H groups in total. The molecule has 4 rings (SSSR count). The molecule has 3 aromatic rings. The number of hydrogen-bond donors (Lipinski definition) is 0. The number of benzene rings is 3. The van der Waals surface area contributed by atoms with Crippen LogP contribution in [0.15, 0.2) is 66.7 Å². The molecule has 1 aliphatic heterocycles. The molecule has 1 heterocycles. The average molecular weight is 434 g/mol. The van der Waals surface area contributed by atoms with Crippen molar-refractivity contribution < 1.29 is 18.9 Å². The summed E-state index contributed by atoms with van der Waals surface area (Å²) in [5, 5.41) is 0. The van der Waals surface area contributed by atoms with Gasteiger partial charge in [0.1, 0.15) is 18.1 Å². The average Bonchev–Trinajstić information content (AvgIpc) is 2.86. The Morgan fingerprint density at radius 2 is 1.50 bits per heavy atom. The molecular formula is C27H31NO4. The topological polar surface area (TPSA) is 40.2 Å². The van der Waals surface area contributed by atoms with Crippen LogP contribution in [-0.2, 0) is 6.42 Å². The molecule has 0 amide bonds. The van der Waals surface area contributed by atoms with E-state index < -0.39 is 0 Å². The van der Waals surface area contributed by atoms with Gasteiger partial charge in [0.15, 0.2) is 11.5 Å². The van der Waals surface area contributed by atoms with Gasteiger partial charge >= 0.3 is 0 Å². The molecule has 2 atom stereocenters. The van der Waals surface area contributed by atoms with E-state index in [4.69, 9.17) is 18.9 Å². The van der Waals surface area contributed by atoms with Crippen molar-refractivity contribution in [2.24, 2.45) is 0 Å². The van der Waals surface area contributed by atoms with Crippen LogP contribution in [0.5, 0.6) is 23.0 Å². The third-order valence-corrected chi connectivity index (χ3v) is 6.29. The van der Waals surface area contributed by atoms with E-state index in [9.17, 15) is 0 Å². The molecule has 0 saturated carbocycles. The lowest BCUT2D eigenvalue weighted by Gasteiger charge is -2.41. The number of ether oxygens (including phenoxy) is 4. The highest BCUT2D eigenvalue weighted by Gasteiger charge is 2.33. The highest BCUT2D eigenvalue weighted by atomic mass is 16.5. The SMILES string of the molecule is COc1ccc(OC[C@@H]2c3cc(OC)c(OC)cc3CCN2[C@@H](C)c2ccccc2)cc1.